The predicted octanol–water partition coefficient (Wildman–Crippen LogP) is 4.95. The third-order valence-electron chi connectivity index (χ3n) is 7.21. The van der Waals surface area contributed by atoms with E-state index in [0.29, 0.717) is 30.2 Å². The SMILES string of the molecule is COC(=O)C1CN(Cc2ccc(-c3nc4ccc(C5(c6ccccc6)CC5)nc4s3)c([N+](=O)[O-])c2)C1. The number of benzene rings is 2. The molecule has 3 heterocycles. The molecule has 8 nitrogen and oxygen atoms in total. The van der Waals surface area contributed by atoms with Crippen LogP contribution in [-0.2, 0) is 21.5 Å². The average Bonchev–Trinajstić information content (AvgIpc) is 3.58. The summed E-state index contributed by atoms with van der Waals surface area (Å²) in [5.74, 6) is -0.336. The molecule has 0 atom stereocenters. The molecule has 2 aliphatic rings. The van der Waals surface area contributed by atoms with Gasteiger partial charge in [0.1, 0.15) is 15.4 Å². The highest BCUT2D eigenvalue weighted by atomic mass is 32.1. The van der Waals surface area contributed by atoms with E-state index in [1.54, 1.807) is 12.1 Å². The summed E-state index contributed by atoms with van der Waals surface area (Å²) in [6.07, 6.45) is 2.12. The number of methoxy groups -OCH3 is 1. The van der Waals surface area contributed by atoms with Gasteiger partial charge < -0.3 is 4.74 Å². The quantitative estimate of drug-likeness (QED) is 0.201. The minimum Gasteiger partial charge on any atom is -0.469 e. The molecule has 2 fully saturated rings. The Bertz CT molecular complexity index is 1480. The van der Waals surface area contributed by atoms with Crippen LogP contribution in [0.25, 0.3) is 20.9 Å². The highest BCUT2D eigenvalue weighted by molar-refractivity contribution is 7.21. The van der Waals surface area contributed by atoms with E-state index < -0.39 is 0 Å². The molecule has 1 aliphatic heterocycles. The van der Waals surface area contributed by atoms with Crippen molar-refractivity contribution in [2.75, 3.05) is 20.2 Å². The minimum atomic E-state index is -0.355. The number of pyridine rings is 1. The molecule has 1 aliphatic carbocycles. The highest BCUT2D eigenvalue weighted by Gasteiger charge is 2.47. The van der Waals surface area contributed by atoms with Crippen LogP contribution < -0.4 is 0 Å². The number of aromatic nitrogens is 2. The van der Waals surface area contributed by atoms with Crippen LogP contribution in [0.2, 0.25) is 0 Å². The Morgan fingerprint density at radius 3 is 2.61 bits per heavy atom. The number of fused-ring (bicyclic) bond motifs is 1. The number of hydrogen-bond acceptors (Lipinski definition) is 8. The van der Waals surface area contributed by atoms with E-state index in [0.717, 1.165) is 34.4 Å². The van der Waals surface area contributed by atoms with Crippen LogP contribution in [0.4, 0.5) is 5.69 Å². The van der Waals surface area contributed by atoms with Crippen molar-refractivity contribution in [3.8, 4) is 10.6 Å². The second-order valence-electron chi connectivity index (χ2n) is 9.51. The zero-order chi connectivity index (χ0) is 24.9. The van der Waals surface area contributed by atoms with E-state index in [2.05, 4.69) is 34.1 Å². The molecule has 0 N–H and O–H groups in total. The number of esters is 1. The topological polar surface area (TPSA) is 98.5 Å². The van der Waals surface area contributed by atoms with Crippen LogP contribution in [0.15, 0.2) is 60.7 Å². The van der Waals surface area contributed by atoms with E-state index in [1.165, 1.54) is 24.0 Å². The van der Waals surface area contributed by atoms with Crippen LogP contribution in [0.5, 0.6) is 0 Å². The molecule has 0 radical (unpaired) electrons. The lowest BCUT2D eigenvalue weighted by Crippen LogP contribution is -2.49. The van der Waals surface area contributed by atoms with Gasteiger partial charge in [-0.05, 0) is 42.2 Å². The molecule has 2 aromatic heterocycles. The van der Waals surface area contributed by atoms with Crippen LogP contribution in [0.1, 0.15) is 29.7 Å². The maximum atomic E-state index is 12.0. The summed E-state index contributed by atoms with van der Waals surface area (Å²) in [6, 6.07) is 19.7. The third-order valence-corrected chi connectivity index (χ3v) is 8.21. The van der Waals surface area contributed by atoms with Crippen molar-refractivity contribution in [2.24, 2.45) is 5.92 Å². The van der Waals surface area contributed by atoms with Crippen molar-refractivity contribution in [1.29, 1.82) is 0 Å². The van der Waals surface area contributed by atoms with Gasteiger partial charge in [0, 0.05) is 31.1 Å². The number of nitro groups is 1. The molecular formula is C27H24N4O4S. The van der Waals surface area contributed by atoms with Gasteiger partial charge in [0.05, 0.1) is 29.2 Å². The molecule has 1 saturated heterocycles. The van der Waals surface area contributed by atoms with Crippen molar-refractivity contribution in [2.45, 2.75) is 24.8 Å². The first-order valence-electron chi connectivity index (χ1n) is 11.9. The molecule has 6 rings (SSSR count). The first-order valence-corrected chi connectivity index (χ1v) is 12.7. The summed E-state index contributed by atoms with van der Waals surface area (Å²) < 4.78 is 4.78. The zero-order valence-corrected chi connectivity index (χ0v) is 20.5. The molecule has 4 aromatic rings. The normalized spacial score (nSPS) is 17.0. The third kappa shape index (κ3) is 3.94. The number of thiazole rings is 1. The molecule has 9 heteroatoms. The standard InChI is InChI=1S/C27H24N4O4S/c1-35-26(32)18-15-30(16-18)14-17-7-8-20(22(13-17)31(33)34)24-28-21-9-10-23(29-25(21)36-24)27(11-12-27)19-5-3-2-4-6-19/h2-10,13,18H,11-12,14-16H2,1H3. The molecule has 0 amide bonds. The number of nitrogens with zero attached hydrogens (tertiary/aromatic N) is 4. The Morgan fingerprint density at radius 1 is 1.14 bits per heavy atom. The second-order valence-corrected chi connectivity index (χ2v) is 10.5. The largest absolute Gasteiger partial charge is 0.469 e. The fourth-order valence-electron chi connectivity index (χ4n) is 5.05. The number of carbonyl (C=O) groups excluding carboxylic acids is 1. The Balaban J connectivity index is 1.27. The number of ether oxygens (including phenoxy) is 1. The van der Waals surface area contributed by atoms with Crippen LogP contribution in [0.3, 0.4) is 0 Å². The number of nitro benzene ring substituents is 1. The van der Waals surface area contributed by atoms with Crippen LogP contribution in [-0.4, -0.2) is 46.0 Å². The lowest BCUT2D eigenvalue weighted by Gasteiger charge is -2.37. The molecule has 36 heavy (non-hydrogen) atoms. The summed E-state index contributed by atoms with van der Waals surface area (Å²) in [6.45, 7) is 1.73. The monoisotopic (exact) mass is 500 g/mol. The van der Waals surface area contributed by atoms with E-state index in [-0.39, 0.29) is 27.9 Å². The van der Waals surface area contributed by atoms with E-state index in [1.807, 2.05) is 24.3 Å². The summed E-state index contributed by atoms with van der Waals surface area (Å²) in [7, 11) is 1.39. The summed E-state index contributed by atoms with van der Waals surface area (Å²) in [5, 5.41) is 12.5. The fraction of sp³-hybridized carbons (Fsp3) is 0.296. The Labute approximate surface area is 211 Å². The van der Waals surface area contributed by atoms with Gasteiger partial charge in [0.15, 0.2) is 0 Å². The molecule has 0 bridgehead atoms. The summed E-state index contributed by atoms with van der Waals surface area (Å²) in [4.78, 5) is 35.7. The van der Waals surface area contributed by atoms with Gasteiger partial charge in [-0.15, -0.1) is 0 Å². The zero-order valence-electron chi connectivity index (χ0n) is 19.7. The first-order chi connectivity index (χ1) is 17.5. The Hall–Kier alpha value is -3.69. The van der Waals surface area contributed by atoms with Gasteiger partial charge >= 0.3 is 5.97 Å². The number of carbonyl (C=O) groups is 1. The Morgan fingerprint density at radius 2 is 1.92 bits per heavy atom. The van der Waals surface area contributed by atoms with E-state index >= 15 is 0 Å². The van der Waals surface area contributed by atoms with Gasteiger partial charge in [-0.1, -0.05) is 47.7 Å². The number of rotatable bonds is 7. The van der Waals surface area contributed by atoms with Gasteiger partial charge in [-0.25, -0.2) is 9.97 Å². The van der Waals surface area contributed by atoms with Gasteiger partial charge in [0.2, 0.25) is 0 Å². The number of hydrogen-bond donors (Lipinski definition) is 0. The van der Waals surface area contributed by atoms with Gasteiger partial charge in [-0.3, -0.25) is 19.8 Å². The molecule has 2 aromatic carbocycles. The van der Waals surface area contributed by atoms with Gasteiger partial charge in [-0.2, -0.15) is 0 Å². The average molecular weight is 501 g/mol. The molecule has 0 spiro atoms. The fourth-order valence-corrected chi connectivity index (χ4v) is 6.03. The Kier molecular flexibility index (Phi) is 5.54. The van der Waals surface area contributed by atoms with Crippen molar-refractivity contribution in [1.82, 2.24) is 14.9 Å². The van der Waals surface area contributed by atoms with E-state index in [9.17, 15) is 14.9 Å². The van der Waals surface area contributed by atoms with Crippen molar-refractivity contribution < 1.29 is 14.5 Å². The first kappa shape index (κ1) is 22.8. The molecule has 1 saturated carbocycles. The minimum absolute atomic E-state index is 0.0276. The van der Waals surface area contributed by atoms with Crippen molar-refractivity contribution in [3.63, 3.8) is 0 Å². The van der Waals surface area contributed by atoms with E-state index in [4.69, 9.17) is 9.72 Å². The van der Waals surface area contributed by atoms with Crippen molar-refractivity contribution >= 4 is 33.3 Å². The second kappa shape index (κ2) is 8.76. The highest BCUT2D eigenvalue weighted by Crippen LogP contribution is 2.53. The van der Waals surface area contributed by atoms with Crippen molar-refractivity contribution in [3.05, 3.63) is 87.6 Å². The van der Waals surface area contributed by atoms with Crippen LogP contribution >= 0.6 is 11.3 Å². The van der Waals surface area contributed by atoms with Crippen LogP contribution in [0, 0.1) is 16.0 Å². The van der Waals surface area contributed by atoms with Gasteiger partial charge in [0.25, 0.3) is 5.69 Å². The lowest BCUT2D eigenvalue weighted by atomic mass is 9.92. The maximum Gasteiger partial charge on any atom is 0.311 e. The number of likely N-dealkylation sites (tertiary alicyclic amines) is 1. The summed E-state index contributed by atoms with van der Waals surface area (Å²) >= 11 is 1.39. The molecule has 182 valence electrons. The predicted molar refractivity (Wildman–Crippen MR) is 137 cm³/mol. The molecular weight excluding hydrogens is 476 g/mol. The maximum absolute atomic E-state index is 12.0. The molecule has 0 unspecified atom stereocenters. The summed E-state index contributed by atoms with van der Waals surface area (Å²) in [5.41, 5.74) is 4.35. The lowest BCUT2D eigenvalue weighted by molar-refractivity contribution is -0.384. The smallest absolute Gasteiger partial charge is 0.311 e.